The Labute approximate surface area is 194 Å². The molecule has 1 atom stereocenters. The van der Waals surface area contributed by atoms with Gasteiger partial charge in [0.15, 0.2) is 0 Å². The Balaban J connectivity index is 1.43. The zero-order valence-corrected chi connectivity index (χ0v) is 18.8. The van der Waals surface area contributed by atoms with Gasteiger partial charge in [-0.1, -0.05) is 48.5 Å². The molecule has 1 N–H and O–H groups in total. The predicted molar refractivity (Wildman–Crippen MR) is 130 cm³/mol. The lowest BCUT2D eigenvalue weighted by atomic mass is 10.0. The number of anilines is 1. The lowest BCUT2D eigenvalue weighted by Gasteiger charge is -2.37. The number of amides is 2. The number of rotatable bonds is 7. The van der Waals surface area contributed by atoms with Crippen LogP contribution in [-0.4, -0.2) is 56.0 Å². The van der Waals surface area contributed by atoms with Crippen molar-refractivity contribution in [2.24, 2.45) is 0 Å². The van der Waals surface area contributed by atoms with E-state index in [4.69, 9.17) is 4.74 Å². The third kappa shape index (κ3) is 5.71. The minimum absolute atomic E-state index is 0.0440. The number of benzene rings is 3. The van der Waals surface area contributed by atoms with Gasteiger partial charge in [0.25, 0.3) is 5.91 Å². The number of carbonyl (C=O) groups is 2. The molecule has 1 aliphatic heterocycles. The number of methoxy groups -OCH3 is 1. The molecule has 0 unspecified atom stereocenters. The van der Waals surface area contributed by atoms with Crippen LogP contribution < -0.4 is 15.0 Å². The van der Waals surface area contributed by atoms with Crippen molar-refractivity contribution in [3.63, 3.8) is 0 Å². The second-order valence-electron chi connectivity index (χ2n) is 8.09. The molecule has 1 fully saturated rings. The summed E-state index contributed by atoms with van der Waals surface area (Å²) in [6, 6.07) is 26.2. The van der Waals surface area contributed by atoms with E-state index in [1.54, 1.807) is 19.2 Å². The van der Waals surface area contributed by atoms with E-state index in [1.165, 1.54) is 0 Å². The highest BCUT2D eigenvalue weighted by Gasteiger charge is 2.29. The minimum Gasteiger partial charge on any atom is -0.497 e. The van der Waals surface area contributed by atoms with Gasteiger partial charge in [-0.2, -0.15) is 0 Å². The van der Waals surface area contributed by atoms with Crippen LogP contribution in [0.2, 0.25) is 0 Å². The Bertz CT molecular complexity index is 1050. The first-order valence-electron chi connectivity index (χ1n) is 11.2. The molecule has 170 valence electrons. The van der Waals surface area contributed by atoms with Crippen LogP contribution in [0, 0.1) is 0 Å². The Morgan fingerprint density at radius 1 is 0.848 bits per heavy atom. The van der Waals surface area contributed by atoms with Crippen LogP contribution in [0.4, 0.5) is 5.69 Å². The molecule has 4 rings (SSSR count). The maximum atomic E-state index is 13.5. The van der Waals surface area contributed by atoms with Crippen molar-refractivity contribution in [2.75, 3.05) is 38.2 Å². The fourth-order valence-electron chi connectivity index (χ4n) is 4.08. The SMILES string of the molecule is COc1ccc(N2CCN(C(=O)[C@@H](Cc3ccccc3)NC(=O)c3ccccc3)CC2)cc1. The summed E-state index contributed by atoms with van der Waals surface area (Å²) in [4.78, 5) is 30.4. The van der Waals surface area contributed by atoms with E-state index in [0.29, 0.717) is 25.1 Å². The zero-order valence-electron chi connectivity index (χ0n) is 18.8. The van der Waals surface area contributed by atoms with E-state index in [9.17, 15) is 9.59 Å². The predicted octanol–water partition coefficient (Wildman–Crippen LogP) is 3.39. The molecule has 6 nitrogen and oxygen atoms in total. The Morgan fingerprint density at radius 2 is 1.45 bits per heavy atom. The molecule has 0 saturated carbocycles. The molecule has 0 radical (unpaired) electrons. The summed E-state index contributed by atoms with van der Waals surface area (Å²) in [5.41, 5.74) is 2.68. The molecule has 0 spiro atoms. The summed E-state index contributed by atoms with van der Waals surface area (Å²) in [7, 11) is 1.65. The van der Waals surface area contributed by atoms with Gasteiger partial charge in [0.1, 0.15) is 11.8 Å². The van der Waals surface area contributed by atoms with Crippen LogP contribution in [0.25, 0.3) is 0 Å². The molecule has 0 bridgehead atoms. The Morgan fingerprint density at radius 3 is 2.06 bits per heavy atom. The normalized spacial score (nSPS) is 14.5. The van der Waals surface area contributed by atoms with Crippen LogP contribution in [0.1, 0.15) is 15.9 Å². The van der Waals surface area contributed by atoms with Crippen LogP contribution in [0.3, 0.4) is 0 Å². The van der Waals surface area contributed by atoms with Crippen molar-refractivity contribution < 1.29 is 14.3 Å². The van der Waals surface area contributed by atoms with Gasteiger partial charge < -0.3 is 19.9 Å². The lowest BCUT2D eigenvalue weighted by Crippen LogP contribution is -2.55. The Kier molecular flexibility index (Phi) is 7.25. The van der Waals surface area contributed by atoms with Gasteiger partial charge in [-0.15, -0.1) is 0 Å². The zero-order chi connectivity index (χ0) is 23.0. The van der Waals surface area contributed by atoms with E-state index in [2.05, 4.69) is 10.2 Å². The number of nitrogens with one attached hydrogen (secondary N) is 1. The molecular formula is C27H29N3O3. The third-order valence-corrected chi connectivity index (χ3v) is 5.95. The van der Waals surface area contributed by atoms with Crippen molar-refractivity contribution in [1.82, 2.24) is 10.2 Å². The number of hydrogen-bond donors (Lipinski definition) is 1. The maximum Gasteiger partial charge on any atom is 0.251 e. The fourth-order valence-corrected chi connectivity index (χ4v) is 4.08. The number of hydrogen-bond acceptors (Lipinski definition) is 4. The molecule has 33 heavy (non-hydrogen) atoms. The summed E-state index contributed by atoms with van der Waals surface area (Å²) in [6.45, 7) is 2.69. The molecular weight excluding hydrogens is 414 g/mol. The van der Waals surface area contributed by atoms with Gasteiger partial charge in [0.05, 0.1) is 7.11 Å². The summed E-state index contributed by atoms with van der Waals surface area (Å²) >= 11 is 0. The van der Waals surface area contributed by atoms with E-state index in [0.717, 1.165) is 30.1 Å². The Hall–Kier alpha value is -3.80. The van der Waals surface area contributed by atoms with Gasteiger partial charge in [0, 0.05) is 43.9 Å². The van der Waals surface area contributed by atoms with E-state index >= 15 is 0 Å². The molecule has 0 aliphatic carbocycles. The maximum absolute atomic E-state index is 13.5. The van der Waals surface area contributed by atoms with Crippen molar-refractivity contribution in [2.45, 2.75) is 12.5 Å². The highest BCUT2D eigenvalue weighted by atomic mass is 16.5. The molecule has 6 heteroatoms. The second-order valence-corrected chi connectivity index (χ2v) is 8.09. The van der Waals surface area contributed by atoms with Gasteiger partial charge in [-0.05, 0) is 42.0 Å². The van der Waals surface area contributed by atoms with Crippen molar-refractivity contribution in [3.8, 4) is 5.75 Å². The minimum atomic E-state index is -0.618. The quantitative estimate of drug-likeness (QED) is 0.608. The number of nitrogens with zero attached hydrogens (tertiary/aromatic N) is 2. The van der Waals surface area contributed by atoms with Crippen molar-refractivity contribution in [3.05, 3.63) is 96.1 Å². The van der Waals surface area contributed by atoms with Crippen LogP contribution in [-0.2, 0) is 11.2 Å². The molecule has 0 aromatic heterocycles. The highest BCUT2D eigenvalue weighted by Crippen LogP contribution is 2.21. The molecule has 2 amide bonds. The van der Waals surface area contributed by atoms with Crippen LogP contribution >= 0.6 is 0 Å². The van der Waals surface area contributed by atoms with Gasteiger partial charge in [0.2, 0.25) is 5.91 Å². The van der Waals surface area contributed by atoms with Crippen molar-refractivity contribution in [1.29, 1.82) is 0 Å². The summed E-state index contributed by atoms with van der Waals surface area (Å²) in [5, 5.41) is 2.98. The van der Waals surface area contributed by atoms with Gasteiger partial charge in [-0.25, -0.2) is 0 Å². The topological polar surface area (TPSA) is 61.9 Å². The average molecular weight is 444 g/mol. The smallest absolute Gasteiger partial charge is 0.251 e. The summed E-state index contributed by atoms with van der Waals surface area (Å²) in [6.07, 6.45) is 0.455. The molecule has 1 heterocycles. The molecule has 1 aliphatic rings. The number of piperazine rings is 1. The average Bonchev–Trinajstić information content (AvgIpc) is 2.89. The first-order chi connectivity index (χ1) is 16.1. The first kappa shape index (κ1) is 22.4. The monoisotopic (exact) mass is 443 g/mol. The lowest BCUT2D eigenvalue weighted by molar-refractivity contribution is -0.133. The summed E-state index contributed by atoms with van der Waals surface area (Å²) in [5.74, 6) is 0.546. The number of carbonyl (C=O) groups excluding carboxylic acids is 2. The van der Waals surface area contributed by atoms with E-state index < -0.39 is 6.04 Å². The van der Waals surface area contributed by atoms with Crippen LogP contribution in [0.5, 0.6) is 5.75 Å². The summed E-state index contributed by atoms with van der Waals surface area (Å²) < 4.78 is 5.24. The van der Waals surface area contributed by atoms with Crippen molar-refractivity contribution >= 4 is 17.5 Å². The van der Waals surface area contributed by atoms with Gasteiger partial charge in [-0.3, -0.25) is 9.59 Å². The van der Waals surface area contributed by atoms with E-state index in [-0.39, 0.29) is 11.8 Å². The molecule has 3 aromatic rings. The molecule has 3 aromatic carbocycles. The number of ether oxygens (including phenoxy) is 1. The highest BCUT2D eigenvalue weighted by molar-refractivity contribution is 5.97. The van der Waals surface area contributed by atoms with E-state index in [1.807, 2.05) is 77.7 Å². The molecule has 1 saturated heterocycles. The standard InChI is InChI=1S/C27H29N3O3/c1-33-24-14-12-23(13-15-24)29-16-18-30(19-17-29)27(32)25(20-21-8-4-2-5-9-21)28-26(31)22-10-6-3-7-11-22/h2-15,25H,16-20H2,1H3,(H,28,31)/t25-/m1/s1. The fraction of sp³-hybridized carbons (Fsp3) is 0.259. The van der Waals surface area contributed by atoms with Crippen LogP contribution in [0.15, 0.2) is 84.9 Å². The first-order valence-corrected chi connectivity index (χ1v) is 11.2. The van der Waals surface area contributed by atoms with Gasteiger partial charge >= 0.3 is 0 Å². The largest absolute Gasteiger partial charge is 0.497 e. The second kappa shape index (κ2) is 10.7. The third-order valence-electron chi connectivity index (χ3n) is 5.95.